The van der Waals surface area contributed by atoms with E-state index >= 15 is 0 Å². The number of rotatable bonds is 2. The summed E-state index contributed by atoms with van der Waals surface area (Å²) in [5.74, 6) is 0.530. The number of carbonyl (C=O) groups excluding carboxylic acids is 1. The largest absolute Gasteiger partial charge is 0.399 e. The molecule has 6 heteroatoms. The lowest BCUT2D eigenvalue weighted by Gasteiger charge is -2.29. The highest BCUT2D eigenvalue weighted by atomic mass is 16.2. The predicted octanol–water partition coefficient (Wildman–Crippen LogP) is 1.05. The van der Waals surface area contributed by atoms with Gasteiger partial charge in [-0.2, -0.15) is 5.10 Å². The Hall–Kier alpha value is -2.50. The van der Waals surface area contributed by atoms with Crippen LogP contribution in [0.1, 0.15) is 17.7 Å². The van der Waals surface area contributed by atoms with Crippen LogP contribution in [0.25, 0.3) is 0 Å². The number of nitrogens with two attached hydrogens (primary N) is 2. The molecule has 0 saturated carbocycles. The highest BCUT2D eigenvalue weighted by Crippen LogP contribution is 2.30. The summed E-state index contributed by atoms with van der Waals surface area (Å²) in [6.07, 6.45) is 1.24. The number of carbonyl (C=O) groups is 1. The van der Waals surface area contributed by atoms with Crippen molar-refractivity contribution in [2.45, 2.75) is 19.4 Å². The van der Waals surface area contributed by atoms with Crippen LogP contribution in [-0.4, -0.2) is 16.1 Å². The number of aromatic nitrogens is 2. The first-order chi connectivity index (χ1) is 9.13. The summed E-state index contributed by atoms with van der Waals surface area (Å²) in [7, 11) is 0. The van der Waals surface area contributed by atoms with E-state index in [1.165, 1.54) is 0 Å². The number of nitrogens with one attached hydrogen (secondary N) is 1. The van der Waals surface area contributed by atoms with Gasteiger partial charge in [0.05, 0.1) is 12.2 Å². The van der Waals surface area contributed by atoms with Crippen molar-refractivity contribution in [3.63, 3.8) is 0 Å². The average Bonchev–Trinajstić information content (AvgIpc) is 2.78. The van der Waals surface area contributed by atoms with E-state index in [1.807, 2.05) is 18.2 Å². The summed E-state index contributed by atoms with van der Waals surface area (Å²) in [5, 5.41) is 6.69. The third-order valence-corrected chi connectivity index (χ3v) is 3.28. The number of hydrogen-bond donors (Lipinski definition) is 3. The van der Waals surface area contributed by atoms with Gasteiger partial charge in [0.2, 0.25) is 5.91 Å². The smallest absolute Gasteiger partial charge is 0.227 e. The summed E-state index contributed by atoms with van der Waals surface area (Å²) in [6, 6.07) is 7.36. The standard InChI is InChI=1S/C13H15N5O/c14-9-2-3-11-8(5-9)1-4-13(19)18(11)7-10-6-12(15)17-16-10/h2-3,5-6H,1,4,7,14H2,(H3,15,16,17). The lowest BCUT2D eigenvalue weighted by molar-refractivity contribution is -0.119. The monoisotopic (exact) mass is 257 g/mol. The molecule has 0 unspecified atom stereocenters. The van der Waals surface area contributed by atoms with Gasteiger partial charge in [0, 0.05) is 23.9 Å². The number of anilines is 3. The molecule has 0 fully saturated rings. The minimum absolute atomic E-state index is 0.102. The van der Waals surface area contributed by atoms with Crippen LogP contribution in [0, 0.1) is 0 Å². The molecule has 0 saturated heterocycles. The van der Waals surface area contributed by atoms with Crippen LogP contribution < -0.4 is 16.4 Å². The Balaban J connectivity index is 1.94. The fourth-order valence-corrected chi connectivity index (χ4v) is 2.38. The fraction of sp³-hybridized carbons (Fsp3) is 0.231. The lowest BCUT2D eigenvalue weighted by Crippen LogP contribution is -2.34. The molecule has 2 aromatic rings. The zero-order chi connectivity index (χ0) is 13.4. The molecule has 0 atom stereocenters. The molecule has 5 N–H and O–H groups in total. The third-order valence-electron chi connectivity index (χ3n) is 3.28. The minimum Gasteiger partial charge on any atom is -0.399 e. The molecule has 1 aromatic heterocycles. The van der Waals surface area contributed by atoms with E-state index in [2.05, 4.69) is 10.2 Å². The molecule has 0 spiro atoms. The van der Waals surface area contributed by atoms with E-state index in [1.54, 1.807) is 11.0 Å². The molecule has 3 rings (SSSR count). The first-order valence-corrected chi connectivity index (χ1v) is 6.12. The summed E-state index contributed by atoms with van der Waals surface area (Å²) < 4.78 is 0. The van der Waals surface area contributed by atoms with Gasteiger partial charge in [-0.3, -0.25) is 9.89 Å². The molecular formula is C13H15N5O. The Labute approximate surface area is 110 Å². The quantitative estimate of drug-likeness (QED) is 0.700. The summed E-state index contributed by atoms with van der Waals surface area (Å²) in [6.45, 7) is 0.444. The van der Waals surface area contributed by atoms with Crippen molar-refractivity contribution >= 4 is 23.1 Å². The van der Waals surface area contributed by atoms with Crippen LogP contribution in [-0.2, 0) is 17.8 Å². The van der Waals surface area contributed by atoms with E-state index in [0.29, 0.717) is 18.8 Å². The summed E-state index contributed by atoms with van der Waals surface area (Å²) in [4.78, 5) is 13.8. The second kappa shape index (κ2) is 4.31. The maximum atomic E-state index is 12.1. The van der Waals surface area contributed by atoms with Gasteiger partial charge in [-0.05, 0) is 30.2 Å². The van der Waals surface area contributed by atoms with Crippen LogP contribution >= 0.6 is 0 Å². The van der Waals surface area contributed by atoms with Gasteiger partial charge in [-0.1, -0.05) is 0 Å². The number of nitrogen functional groups attached to an aromatic ring is 2. The lowest BCUT2D eigenvalue weighted by atomic mass is 10.0. The topological polar surface area (TPSA) is 101 Å². The van der Waals surface area contributed by atoms with Crippen molar-refractivity contribution in [2.24, 2.45) is 0 Å². The number of H-pyrrole nitrogens is 1. The number of aryl methyl sites for hydroxylation is 1. The molecule has 1 aliphatic heterocycles. The SMILES string of the molecule is Nc1ccc2c(c1)CCC(=O)N2Cc1cc(N)n[nH]1. The molecule has 1 aromatic carbocycles. The zero-order valence-electron chi connectivity index (χ0n) is 10.4. The Morgan fingerprint density at radius 1 is 1.26 bits per heavy atom. The Bertz CT molecular complexity index is 634. The molecule has 0 radical (unpaired) electrons. The van der Waals surface area contributed by atoms with Crippen molar-refractivity contribution < 1.29 is 4.79 Å². The number of benzene rings is 1. The van der Waals surface area contributed by atoms with Crippen molar-refractivity contribution in [2.75, 3.05) is 16.4 Å². The number of hydrogen-bond acceptors (Lipinski definition) is 4. The van der Waals surface area contributed by atoms with Gasteiger partial charge in [0.15, 0.2) is 0 Å². The number of fused-ring (bicyclic) bond motifs is 1. The number of amides is 1. The second-order valence-corrected chi connectivity index (χ2v) is 4.69. The molecule has 0 aliphatic carbocycles. The van der Waals surface area contributed by atoms with Crippen LogP contribution in [0.4, 0.5) is 17.2 Å². The third kappa shape index (κ3) is 2.12. The molecule has 1 aliphatic rings. The Morgan fingerprint density at radius 2 is 2.11 bits per heavy atom. The van der Waals surface area contributed by atoms with Crippen LogP contribution in [0.15, 0.2) is 24.3 Å². The first-order valence-electron chi connectivity index (χ1n) is 6.12. The molecular weight excluding hydrogens is 242 g/mol. The van der Waals surface area contributed by atoms with Crippen molar-refractivity contribution in [3.8, 4) is 0 Å². The Kier molecular flexibility index (Phi) is 2.63. The highest BCUT2D eigenvalue weighted by molar-refractivity contribution is 5.96. The maximum absolute atomic E-state index is 12.1. The minimum atomic E-state index is 0.102. The van der Waals surface area contributed by atoms with Gasteiger partial charge < -0.3 is 16.4 Å². The zero-order valence-corrected chi connectivity index (χ0v) is 10.4. The summed E-state index contributed by atoms with van der Waals surface area (Å²) in [5.41, 5.74) is 14.9. The Morgan fingerprint density at radius 3 is 2.84 bits per heavy atom. The van der Waals surface area contributed by atoms with Gasteiger partial charge in [-0.25, -0.2) is 0 Å². The predicted molar refractivity (Wildman–Crippen MR) is 73.4 cm³/mol. The van der Waals surface area contributed by atoms with Crippen molar-refractivity contribution in [3.05, 3.63) is 35.5 Å². The van der Waals surface area contributed by atoms with Crippen LogP contribution in [0.2, 0.25) is 0 Å². The van der Waals surface area contributed by atoms with E-state index in [0.717, 1.165) is 29.1 Å². The molecule has 2 heterocycles. The number of nitrogens with zero attached hydrogens (tertiary/aromatic N) is 2. The molecule has 0 bridgehead atoms. The van der Waals surface area contributed by atoms with Gasteiger partial charge >= 0.3 is 0 Å². The molecule has 6 nitrogen and oxygen atoms in total. The second-order valence-electron chi connectivity index (χ2n) is 4.69. The van der Waals surface area contributed by atoms with Crippen LogP contribution in [0.5, 0.6) is 0 Å². The van der Waals surface area contributed by atoms with Crippen LogP contribution in [0.3, 0.4) is 0 Å². The fourth-order valence-electron chi connectivity index (χ4n) is 2.38. The molecule has 19 heavy (non-hydrogen) atoms. The van der Waals surface area contributed by atoms with Gasteiger partial charge in [-0.15, -0.1) is 0 Å². The summed E-state index contributed by atoms with van der Waals surface area (Å²) >= 11 is 0. The normalized spacial score (nSPS) is 14.5. The molecule has 98 valence electrons. The highest BCUT2D eigenvalue weighted by Gasteiger charge is 2.24. The van der Waals surface area contributed by atoms with Gasteiger partial charge in [0.25, 0.3) is 0 Å². The van der Waals surface area contributed by atoms with E-state index in [4.69, 9.17) is 11.5 Å². The van der Waals surface area contributed by atoms with Crippen molar-refractivity contribution in [1.82, 2.24) is 10.2 Å². The average molecular weight is 257 g/mol. The first kappa shape index (κ1) is 11.6. The molecule has 1 amide bonds. The maximum Gasteiger partial charge on any atom is 0.227 e. The van der Waals surface area contributed by atoms with Crippen molar-refractivity contribution in [1.29, 1.82) is 0 Å². The van der Waals surface area contributed by atoms with E-state index in [9.17, 15) is 4.79 Å². The van der Waals surface area contributed by atoms with E-state index in [-0.39, 0.29) is 5.91 Å². The van der Waals surface area contributed by atoms with E-state index < -0.39 is 0 Å². The van der Waals surface area contributed by atoms with Gasteiger partial charge in [0.1, 0.15) is 5.82 Å². The number of aromatic amines is 1.